The van der Waals surface area contributed by atoms with Gasteiger partial charge in [-0.2, -0.15) is 0 Å². The van der Waals surface area contributed by atoms with Crippen LogP contribution in [-0.2, 0) is 14.3 Å². The highest BCUT2D eigenvalue weighted by atomic mass is 16.5. The van der Waals surface area contributed by atoms with Crippen LogP contribution < -0.4 is 10.6 Å². The Morgan fingerprint density at radius 1 is 1.32 bits per heavy atom. The zero-order valence-corrected chi connectivity index (χ0v) is 16.3. The predicted octanol–water partition coefficient (Wildman–Crippen LogP) is -0.218. The summed E-state index contributed by atoms with van der Waals surface area (Å²) in [5.41, 5.74) is -1.20. The molecule has 1 aromatic heterocycles. The van der Waals surface area contributed by atoms with Crippen molar-refractivity contribution in [1.82, 2.24) is 20.5 Å². The van der Waals surface area contributed by atoms with Crippen LogP contribution in [0.25, 0.3) is 0 Å². The summed E-state index contributed by atoms with van der Waals surface area (Å²) in [6, 6.07) is 3.42. The minimum Gasteiger partial charge on any atom is -0.388 e. The van der Waals surface area contributed by atoms with Gasteiger partial charge in [0.2, 0.25) is 11.8 Å². The zero-order valence-electron chi connectivity index (χ0n) is 16.3. The van der Waals surface area contributed by atoms with Gasteiger partial charge >= 0.3 is 0 Å². The van der Waals surface area contributed by atoms with E-state index in [9.17, 15) is 19.5 Å². The zero-order chi connectivity index (χ0) is 20.4. The molecule has 4 N–H and O–H groups in total. The number of piperidine rings is 1. The molecule has 0 saturated carbocycles. The fraction of sp³-hybridized carbons (Fsp3) is 0.632. The van der Waals surface area contributed by atoms with Gasteiger partial charge in [-0.3, -0.25) is 14.4 Å². The monoisotopic (exact) mass is 392 g/mol. The SMILES string of the molecule is CC(=O)NCC(=O)N1CCC2(CC1)OCC[C@](C)(NC(=O)c1ccc[nH]1)[C@H]2O. The number of aromatic amines is 1. The molecule has 3 amide bonds. The molecule has 3 heterocycles. The van der Waals surface area contributed by atoms with Crippen LogP contribution in [-0.4, -0.2) is 76.2 Å². The molecule has 0 unspecified atom stereocenters. The van der Waals surface area contributed by atoms with Crippen molar-refractivity contribution in [2.24, 2.45) is 0 Å². The Balaban J connectivity index is 1.64. The van der Waals surface area contributed by atoms with Crippen molar-refractivity contribution in [2.75, 3.05) is 26.2 Å². The Morgan fingerprint density at radius 3 is 2.64 bits per heavy atom. The first-order valence-electron chi connectivity index (χ1n) is 9.56. The second kappa shape index (κ2) is 7.92. The molecule has 1 spiro atoms. The lowest BCUT2D eigenvalue weighted by Gasteiger charge is -2.53. The molecule has 0 bridgehead atoms. The van der Waals surface area contributed by atoms with Gasteiger partial charge in [-0.15, -0.1) is 0 Å². The Kier molecular flexibility index (Phi) is 5.76. The van der Waals surface area contributed by atoms with Gasteiger partial charge in [0, 0.05) is 32.8 Å². The van der Waals surface area contributed by atoms with Crippen LogP contribution in [0.15, 0.2) is 18.3 Å². The average molecular weight is 392 g/mol. The molecule has 0 aliphatic carbocycles. The number of aliphatic hydroxyl groups is 1. The van der Waals surface area contributed by atoms with Crippen molar-refractivity contribution in [2.45, 2.75) is 50.4 Å². The smallest absolute Gasteiger partial charge is 0.268 e. The van der Waals surface area contributed by atoms with E-state index in [4.69, 9.17) is 4.74 Å². The molecule has 0 aromatic carbocycles. The van der Waals surface area contributed by atoms with E-state index in [2.05, 4.69) is 15.6 Å². The summed E-state index contributed by atoms with van der Waals surface area (Å²) in [5, 5.41) is 16.6. The van der Waals surface area contributed by atoms with Crippen LogP contribution >= 0.6 is 0 Å². The first-order chi connectivity index (χ1) is 13.3. The minimum atomic E-state index is -0.903. The lowest BCUT2D eigenvalue weighted by atomic mass is 9.73. The number of carbonyl (C=O) groups excluding carboxylic acids is 3. The van der Waals surface area contributed by atoms with Crippen molar-refractivity contribution in [3.63, 3.8) is 0 Å². The maximum atomic E-state index is 12.5. The van der Waals surface area contributed by atoms with E-state index in [1.807, 2.05) is 6.92 Å². The quantitative estimate of drug-likeness (QED) is 0.564. The summed E-state index contributed by atoms with van der Waals surface area (Å²) in [6.07, 6.45) is 2.20. The highest BCUT2D eigenvalue weighted by Gasteiger charge is 2.54. The Labute approximate surface area is 163 Å². The van der Waals surface area contributed by atoms with Crippen LogP contribution in [0, 0.1) is 0 Å². The molecule has 2 saturated heterocycles. The van der Waals surface area contributed by atoms with E-state index in [0.717, 1.165) is 0 Å². The number of nitrogens with one attached hydrogen (secondary N) is 3. The third kappa shape index (κ3) is 4.05. The topological polar surface area (TPSA) is 124 Å². The Bertz CT molecular complexity index is 727. The van der Waals surface area contributed by atoms with Gasteiger partial charge in [0.15, 0.2) is 0 Å². The van der Waals surface area contributed by atoms with Crippen molar-refractivity contribution >= 4 is 17.7 Å². The second-order valence-corrected chi connectivity index (χ2v) is 7.81. The summed E-state index contributed by atoms with van der Waals surface area (Å²) in [4.78, 5) is 40.2. The predicted molar refractivity (Wildman–Crippen MR) is 100 cm³/mol. The molecule has 154 valence electrons. The van der Waals surface area contributed by atoms with Crippen LogP contribution in [0.1, 0.15) is 43.6 Å². The number of carbonyl (C=O) groups is 3. The summed E-state index contributed by atoms with van der Waals surface area (Å²) in [5.74, 6) is -0.675. The third-order valence-electron chi connectivity index (χ3n) is 5.81. The third-order valence-corrected chi connectivity index (χ3v) is 5.81. The Hall–Kier alpha value is -2.39. The van der Waals surface area contributed by atoms with Gasteiger partial charge in [-0.05, 0) is 38.3 Å². The van der Waals surface area contributed by atoms with Gasteiger partial charge < -0.3 is 30.4 Å². The largest absolute Gasteiger partial charge is 0.388 e. The van der Waals surface area contributed by atoms with Crippen LogP contribution in [0.4, 0.5) is 0 Å². The van der Waals surface area contributed by atoms with Gasteiger partial charge in [-0.25, -0.2) is 0 Å². The van der Waals surface area contributed by atoms with Gasteiger partial charge in [0.05, 0.1) is 17.7 Å². The molecule has 2 atom stereocenters. The number of ether oxygens (including phenoxy) is 1. The molecular formula is C19H28N4O5. The number of hydrogen-bond donors (Lipinski definition) is 4. The van der Waals surface area contributed by atoms with Crippen LogP contribution in [0.2, 0.25) is 0 Å². The number of H-pyrrole nitrogens is 1. The maximum Gasteiger partial charge on any atom is 0.268 e. The summed E-state index contributed by atoms with van der Waals surface area (Å²) in [6.45, 7) is 4.43. The van der Waals surface area contributed by atoms with Gasteiger partial charge in [0.25, 0.3) is 5.91 Å². The summed E-state index contributed by atoms with van der Waals surface area (Å²) < 4.78 is 6.00. The molecule has 9 nitrogen and oxygen atoms in total. The fourth-order valence-electron chi connectivity index (χ4n) is 4.06. The molecule has 2 aliphatic rings. The van der Waals surface area contributed by atoms with Crippen molar-refractivity contribution in [3.8, 4) is 0 Å². The number of aromatic nitrogens is 1. The molecule has 0 radical (unpaired) electrons. The first kappa shape index (κ1) is 20.3. The molecule has 9 heteroatoms. The first-order valence-corrected chi connectivity index (χ1v) is 9.56. The number of likely N-dealkylation sites (tertiary alicyclic amines) is 1. The molecule has 28 heavy (non-hydrogen) atoms. The standard InChI is InChI=1S/C19H28N4O5/c1-13(24)21-12-15(25)23-9-5-19(6-10-23)17(27)18(2,7-11-28-19)22-16(26)14-4-3-8-20-14/h3-4,8,17,20,27H,5-7,9-12H2,1-2H3,(H,21,24)(H,22,26)/t17-,18+/m1/s1. The lowest BCUT2D eigenvalue weighted by molar-refractivity contribution is -0.205. The van der Waals surface area contributed by atoms with E-state index in [1.165, 1.54) is 6.92 Å². The van der Waals surface area contributed by atoms with Crippen LogP contribution in [0.3, 0.4) is 0 Å². The van der Waals surface area contributed by atoms with E-state index < -0.39 is 17.2 Å². The number of hydrogen-bond acceptors (Lipinski definition) is 5. The fourth-order valence-corrected chi connectivity index (χ4v) is 4.06. The van der Waals surface area contributed by atoms with Gasteiger partial charge in [0.1, 0.15) is 11.8 Å². The molecule has 3 rings (SSSR count). The molecule has 2 aliphatic heterocycles. The van der Waals surface area contributed by atoms with E-state index in [0.29, 0.717) is 44.7 Å². The molecular weight excluding hydrogens is 364 g/mol. The summed E-state index contributed by atoms with van der Waals surface area (Å²) >= 11 is 0. The molecule has 2 fully saturated rings. The number of nitrogens with zero attached hydrogens (tertiary/aromatic N) is 1. The number of amides is 3. The highest BCUT2D eigenvalue weighted by Crippen LogP contribution is 2.40. The number of rotatable bonds is 4. The second-order valence-electron chi connectivity index (χ2n) is 7.81. The number of aliphatic hydroxyl groups excluding tert-OH is 1. The molecule has 1 aromatic rings. The van der Waals surface area contributed by atoms with Crippen LogP contribution in [0.5, 0.6) is 0 Å². The van der Waals surface area contributed by atoms with E-state index in [1.54, 1.807) is 23.2 Å². The summed E-state index contributed by atoms with van der Waals surface area (Å²) in [7, 11) is 0. The minimum absolute atomic E-state index is 0.0321. The lowest BCUT2D eigenvalue weighted by Crippen LogP contribution is -2.69. The normalized spacial score (nSPS) is 26.7. The Morgan fingerprint density at radius 2 is 2.04 bits per heavy atom. The van der Waals surface area contributed by atoms with Crippen molar-refractivity contribution < 1.29 is 24.2 Å². The highest BCUT2D eigenvalue weighted by molar-refractivity contribution is 5.93. The van der Waals surface area contributed by atoms with E-state index >= 15 is 0 Å². The van der Waals surface area contributed by atoms with Crippen molar-refractivity contribution in [1.29, 1.82) is 0 Å². The van der Waals surface area contributed by atoms with Gasteiger partial charge in [-0.1, -0.05) is 0 Å². The maximum absolute atomic E-state index is 12.5. The average Bonchev–Trinajstić information content (AvgIpc) is 3.20. The van der Waals surface area contributed by atoms with Crippen molar-refractivity contribution in [3.05, 3.63) is 24.0 Å². The van der Waals surface area contributed by atoms with E-state index in [-0.39, 0.29) is 24.3 Å².